The van der Waals surface area contributed by atoms with Crippen molar-refractivity contribution in [2.24, 2.45) is 0 Å². The first-order chi connectivity index (χ1) is 11.3. The van der Waals surface area contributed by atoms with Gasteiger partial charge in [-0.1, -0.05) is 48.0 Å². The van der Waals surface area contributed by atoms with Gasteiger partial charge in [0.1, 0.15) is 0 Å². The van der Waals surface area contributed by atoms with E-state index in [1.165, 1.54) is 36.4 Å². The first-order valence-corrected chi connectivity index (χ1v) is 8.37. The molecule has 0 fully saturated rings. The molecule has 0 amide bonds. The Morgan fingerprint density at radius 3 is 2.42 bits per heavy atom. The van der Waals surface area contributed by atoms with Crippen LogP contribution >= 0.6 is 11.6 Å². The predicted molar refractivity (Wildman–Crippen MR) is 90.9 cm³/mol. The summed E-state index contributed by atoms with van der Waals surface area (Å²) < 4.78 is 34.6. The van der Waals surface area contributed by atoms with Crippen LogP contribution in [-0.2, 0) is 10.2 Å². The van der Waals surface area contributed by atoms with Crippen LogP contribution in [0.5, 0.6) is 0 Å². The molecule has 0 radical (unpaired) electrons. The maximum atomic E-state index is 12.9. The number of hydrogen-bond acceptors (Lipinski definition) is 4. The van der Waals surface area contributed by atoms with Gasteiger partial charge in [0.2, 0.25) is 0 Å². The number of benzene rings is 2. The maximum absolute atomic E-state index is 12.9. The second kappa shape index (κ2) is 7.37. The normalized spacial score (nSPS) is 12.1. The zero-order valence-electron chi connectivity index (χ0n) is 12.1. The molecule has 0 aromatic heterocycles. The second-order valence-electron chi connectivity index (χ2n) is 4.69. The fraction of sp³-hybridized carbons (Fsp3) is 0. The molecule has 24 heavy (non-hydrogen) atoms. The lowest BCUT2D eigenvalue weighted by Crippen LogP contribution is -1.91. The van der Waals surface area contributed by atoms with Crippen molar-refractivity contribution in [3.05, 3.63) is 80.9 Å². The molecule has 0 aliphatic rings. The number of hydrogen-bond donors (Lipinski definition) is 0. The molecule has 0 atom stereocenters. The van der Waals surface area contributed by atoms with Crippen molar-refractivity contribution in [3.8, 4) is 0 Å². The smallest absolute Gasteiger partial charge is 0.258 e. The van der Waals surface area contributed by atoms with Crippen LogP contribution in [0.25, 0.3) is 12.2 Å². The summed E-state index contributed by atoms with van der Waals surface area (Å²) in [5, 5.41) is 10.9. The molecule has 0 heterocycles. The minimum absolute atomic E-state index is 0.100. The van der Waals surface area contributed by atoms with Crippen molar-refractivity contribution in [1.82, 2.24) is 0 Å². The lowest BCUT2D eigenvalue weighted by atomic mass is 10.1. The van der Waals surface area contributed by atoms with Crippen molar-refractivity contribution in [1.29, 1.82) is 0 Å². The van der Waals surface area contributed by atoms with E-state index in [4.69, 9.17) is 11.6 Å². The summed E-state index contributed by atoms with van der Waals surface area (Å²) in [4.78, 5) is 9.68. The SMILES string of the molecule is O=[N+]([O-])c1ccc(/C=C/C=C\c2cccc(S(=O)(=O)F)c2)c(Cl)c1. The predicted octanol–water partition coefficient (Wildman–Crippen LogP) is 4.63. The van der Waals surface area contributed by atoms with Gasteiger partial charge in [-0.3, -0.25) is 10.1 Å². The Hall–Kier alpha value is -2.51. The molecule has 124 valence electrons. The third-order valence-corrected chi connectivity index (χ3v) is 4.15. The Kier molecular flexibility index (Phi) is 5.48. The standard InChI is InChI=1S/C16H11ClFNO4S/c17-16-11-14(19(20)21)9-8-13(16)6-2-1-4-12-5-3-7-15(10-12)24(18,22)23/h1-11H/b4-1-,6-2+. The van der Waals surface area contributed by atoms with Gasteiger partial charge in [0.15, 0.2) is 0 Å². The molecule has 0 bridgehead atoms. The molecule has 0 saturated carbocycles. The Labute approximate surface area is 143 Å². The minimum atomic E-state index is -4.74. The van der Waals surface area contributed by atoms with Gasteiger partial charge in [0.25, 0.3) is 5.69 Å². The zero-order valence-corrected chi connectivity index (χ0v) is 13.7. The molecule has 8 heteroatoms. The van der Waals surface area contributed by atoms with Crippen molar-refractivity contribution in [3.63, 3.8) is 0 Å². The lowest BCUT2D eigenvalue weighted by molar-refractivity contribution is -0.384. The van der Waals surface area contributed by atoms with Gasteiger partial charge < -0.3 is 0 Å². The fourth-order valence-electron chi connectivity index (χ4n) is 1.86. The van der Waals surface area contributed by atoms with E-state index in [-0.39, 0.29) is 10.7 Å². The number of nitro benzene ring substituents is 1. The summed E-state index contributed by atoms with van der Waals surface area (Å²) in [5.41, 5.74) is 0.997. The second-order valence-corrected chi connectivity index (χ2v) is 6.45. The molecule has 0 unspecified atom stereocenters. The summed E-state index contributed by atoms with van der Waals surface area (Å²) in [5.74, 6) is 0. The van der Waals surface area contributed by atoms with Crippen molar-refractivity contribution in [2.75, 3.05) is 0 Å². The molecule has 0 N–H and O–H groups in total. The quantitative estimate of drug-likeness (QED) is 0.334. The molecule has 5 nitrogen and oxygen atoms in total. The van der Waals surface area contributed by atoms with Gasteiger partial charge in [0, 0.05) is 12.1 Å². The highest BCUT2D eigenvalue weighted by molar-refractivity contribution is 7.86. The molecular formula is C16H11ClFNO4S. The summed E-state index contributed by atoms with van der Waals surface area (Å²) in [7, 11) is -4.74. The van der Waals surface area contributed by atoms with E-state index in [2.05, 4.69) is 0 Å². The Morgan fingerprint density at radius 1 is 1.08 bits per heavy atom. The summed E-state index contributed by atoms with van der Waals surface area (Å²) in [6.07, 6.45) is 6.47. The summed E-state index contributed by atoms with van der Waals surface area (Å²) >= 11 is 5.95. The molecule has 0 spiro atoms. The van der Waals surface area contributed by atoms with E-state index >= 15 is 0 Å². The third kappa shape index (κ3) is 4.74. The van der Waals surface area contributed by atoms with E-state index < -0.39 is 20.0 Å². The monoisotopic (exact) mass is 367 g/mol. The number of rotatable bonds is 5. The van der Waals surface area contributed by atoms with Gasteiger partial charge in [-0.15, -0.1) is 3.89 Å². The lowest BCUT2D eigenvalue weighted by Gasteiger charge is -1.98. The molecular weight excluding hydrogens is 357 g/mol. The topological polar surface area (TPSA) is 77.3 Å². The van der Waals surface area contributed by atoms with Crippen LogP contribution in [-0.4, -0.2) is 13.3 Å². The summed E-state index contributed by atoms with van der Waals surface area (Å²) in [6, 6.07) is 9.53. The maximum Gasteiger partial charge on any atom is 0.332 e. The average molecular weight is 368 g/mol. The van der Waals surface area contributed by atoms with Crippen molar-refractivity contribution < 1.29 is 17.2 Å². The molecule has 2 rings (SSSR count). The van der Waals surface area contributed by atoms with Crippen molar-refractivity contribution >= 4 is 39.7 Å². The van der Waals surface area contributed by atoms with Crippen LogP contribution in [0.3, 0.4) is 0 Å². The minimum Gasteiger partial charge on any atom is -0.258 e. The molecule has 2 aromatic rings. The first-order valence-electron chi connectivity index (χ1n) is 6.61. The van der Waals surface area contributed by atoms with E-state index in [0.717, 1.165) is 0 Å². The Balaban J connectivity index is 2.14. The molecule has 0 saturated heterocycles. The zero-order chi connectivity index (χ0) is 17.7. The number of nitrogens with zero attached hydrogens (tertiary/aromatic N) is 1. The molecule has 0 aliphatic carbocycles. The average Bonchev–Trinajstić information content (AvgIpc) is 2.52. The van der Waals surface area contributed by atoms with E-state index in [9.17, 15) is 22.4 Å². The van der Waals surface area contributed by atoms with Crippen LogP contribution in [0.2, 0.25) is 5.02 Å². The number of allylic oxidation sites excluding steroid dienone is 2. The largest absolute Gasteiger partial charge is 0.332 e. The number of non-ortho nitro benzene ring substituents is 1. The fourth-order valence-corrected chi connectivity index (χ4v) is 2.62. The highest BCUT2D eigenvalue weighted by atomic mass is 35.5. The summed E-state index contributed by atoms with van der Waals surface area (Å²) in [6.45, 7) is 0. The van der Waals surface area contributed by atoms with E-state index in [1.54, 1.807) is 30.4 Å². The van der Waals surface area contributed by atoms with E-state index in [0.29, 0.717) is 11.1 Å². The van der Waals surface area contributed by atoms with Gasteiger partial charge in [-0.05, 0) is 29.3 Å². The first kappa shape index (κ1) is 17.8. The number of nitro groups is 1. The van der Waals surface area contributed by atoms with E-state index in [1.807, 2.05) is 0 Å². The third-order valence-electron chi connectivity index (χ3n) is 3.01. The van der Waals surface area contributed by atoms with Crippen LogP contribution in [0, 0.1) is 10.1 Å². The van der Waals surface area contributed by atoms with Gasteiger partial charge in [-0.2, -0.15) is 8.42 Å². The van der Waals surface area contributed by atoms with Crippen LogP contribution < -0.4 is 0 Å². The highest BCUT2D eigenvalue weighted by Gasteiger charge is 2.10. The molecule has 0 aliphatic heterocycles. The van der Waals surface area contributed by atoms with Gasteiger partial charge in [0.05, 0.1) is 14.8 Å². The van der Waals surface area contributed by atoms with Crippen LogP contribution in [0.15, 0.2) is 59.5 Å². The van der Waals surface area contributed by atoms with Gasteiger partial charge >= 0.3 is 10.2 Å². The molecule has 2 aromatic carbocycles. The Bertz CT molecular complexity index is 939. The van der Waals surface area contributed by atoms with Gasteiger partial charge in [-0.25, -0.2) is 0 Å². The van der Waals surface area contributed by atoms with Crippen molar-refractivity contribution in [2.45, 2.75) is 4.90 Å². The number of halogens is 2. The Morgan fingerprint density at radius 2 is 1.79 bits per heavy atom. The highest BCUT2D eigenvalue weighted by Crippen LogP contribution is 2.23. The van der Waals surface area contributed by atoms with Crippen LogP contribution in [0.1, 0.15) is 11.1 Å². The van der Waals surface area contributed by atoms with Crippen LogP contribution in [0.4, 0.5) is 9.57 Å².